The van der Waals surface area contributed by atoms with E-state index in [1.807, 2.05) is 0 Å². The highest BCUT2D eigenvalue weighted by molar-refractivity contribution is 5.37. The Kier molecular flexibility index (Phi) is 2.60. The average Bonchev–Trinajstić information content (AvgIpc) is 2.69. The lowest BCUT2D eigenvalue weighted by Gasteiger charge is -2.09. The summed E-state index contributed by atoms with van der Waals surface area (Å²) in [5, 5.41) is 0. The third kappa shape index (κ3) is 2.56. The van der Waals surface area contributed by atoms with E-state index in [2.05, 4.69) is 10.9 Å². The second kappa shape index (κ2) is 3.92. The van der Waals surface area contributed by atoms with E-state index in [-0.39, 0.29) is 5.75 Å². The molecule has 1 aromatic heterocycles. The zero-order valence-electron chi connectivity index (χ0n) is 8.03. The molecular weight excluding hydrogens is 219 g/mol. The molecule has 0 aliphatic heterocycles. The van der Waals surface area contributed by atoms with Gasteiger partial charge in [-0.3, -0.25) is 0 Å². The molecule has 0 fully saturated rings. The Hall–Kier alpha value is -1.91. The van der Waals surface area contributed by atoms with Crippen molar-refractivity contribution in [2.45, 2.75) is 6.36 Å². The van der Waals surface area contributed by atoms with Crippen LogP contribution in [-0.2, 0) is 0 Å². The van der Waals surface area contributed by atoms with Gasteiger partial charge in [-0.2, -0.15) is 0 Å². The molecule has 0 amide bonds. The van der Waals surface area contributed by atoms with Crippen molar-refractivity contribution >= 4 is 0 Å². The van der Waals surface area contributed by atoms with E-state index < -0.39 is 6.36 Å². The van der Waals surface area contributed by atoms with E-state index in [4.69, 9.17) is 0 Å². The monoisotopic (exact) mass is 226 g/mol. The maximum absolute atomic E-state index is 11.9. The summed E-state index contributed by atoms with van der Waals surface area (Å²) in [6, 6.07) is 9.06. The molecule has 0 saturated heterocycles. The number of hydrogen-bond acceptors (Lipinski definition) is 1. The maximum Gasteiger partial charge on any atom is 0.573 e. The summed E-state index contributed by atoms with van der Waals surface area (Å²) in [7, 11) is 0. The summed E-state index contributed by atoms with van der Waals surface area (Å²) in [6.45, 7) is 0. The molecule has 0 N–H and O–H groups in total. The molecule has 1 heterocycles. The first-order valence-electron chi connectivity index (χ1n) is 4.46. The number of halogens is 3. The molecule has 0 aliphatic carbocycles. The molecule has 0 spiro atoms. The van der Waals surface area contributed by atoms with Crippen LogP contribution in [0.1, 0.15) is 0 Å². The first kappa shape index (κ1) is 10.6. The summed E-state index contributed by atoms with van der Waals surface area (Å²) in [4.78, 5) is 0. The van der Waals surface area contributed by atoms with Crippen molar-refractivity contribution in [2.24, 2.45) is 0 Å². The van der Waals surface area contributed by atoms with E-state index >= 15 is 0 Å². The van der Waals surface area contributed by atoms with Crippen molar-refractivity contribution in [3.05, 3.63) is 48.8 Å². The van der Waals surface area contributed by atoms with E-state index in [1.165, 1.54) is 24.3 Å². The van der Waals surface area contributed by atoms with Crippen LogP contribution in [0.3, 0.4) is 0 Å². The quantitative estimate of drug-likeness (QED) is 0.767. The van der Waals surface area contributed by atoms with E-state index in [0.717, 1.165) is 5.69 Å². The maximum atomic E-state index is 11.9. The van der Waals surface area contributed by atoms with Gasteiger partial charge in [-0.15, -0.1) is 13.2 Å². The van der Waals surface area contributed by atoms with Gasteiger partial charge in [0.15, 0.2) is 0 Å². The lowest BCUT2D eigenvalue weighted by atomic mass is 10.3. The average molecular weight is 226 g/mol. The Labute approximate surface area is 89.9 Å². The molecule has 0 unspecified atom stereocenters. The Balaban J connectivity index is 2.17. The van der Waals surface area contributed by atoms with Crippen molar-refractivity contribution in [1.82, 2.24) is 4.57 Å². The highest BCUT2D eigenvalue weighted by Gasteiger charge is 2.30. The van der Waals surface area contributed by atoms with Gasteiger partial charge in [0.2, 0.25) is 0 Å². The Morgan fingerprint density at radius 3 is 2.31 bits per heavy atom. The predicted molar refractivity (Wildman–Crippen MR) is 51.3 cm³/mol. The Bertz CT molecular complexity index is 445. The van der Waals surface area contributed by atoms with Crippen LogP contribution in [0.25, 0.3) is 5.69 Å². The second-order valence-corrected chi connectivity index (χ2v) is 3.05. The van der Waals surface area contributed by atoms with Crippen molar-refractivity contribution in [1.29, 1.82) is 0 Å². The van der Waals surface area contributed by atoms with Gasteiger partial charge in [-0.05, 0) is 36.4 Å². The lowest BCUT2D eigenvalue weighted by Crippen LogP contribution is -2.17. The van der Waals surface area contributed by atoms with Crippen LogP contribution >= 0.6 is 0 Å². The van der Waals surface area contributed by atoms with Crippen LogP contribution in [-0.4, -0.2) is 10.9 Å². The number of benzene rings is 1. The number of aromatic nitrogens is 1. The number of nitrogens with zero attached hydrogens (tertiary/aromatic N) is 1. The van der Waals surface area contributed by atoms with E-state index in [0.29, 0.717) is 0 Å². The van der Waals surface area contributed by atoms with Gasteiger partial charge in [0.25, 0.3) is 0 Å². The highest BCUT2D eigenvalue weighted by atomic mass is 19.4. The van der Waals surface area contributed by atoms with Gasteiger partial charge in [0.05, 0.1) is 6.20 Å². The zero-order chi connectivity index (χ0) is 11.6. The van der Waals surface area contributed by atoms with Crippen LogP contribution in [0.2, 0.25) is 0 Å². The standard InChI is InChI=1S/C11H7F3NO/c12-11(13,14)16-10-5-3-9(4-6-10)15-7-1-2-8-15/h1-7H. The van der Waals surface area contributed by atoms with E-state index in [9.17, 15) is 13.2 Å². The van der Waals surface area contributed by atoms with Gasteiger partial charge in [0.1, 0.15) is 5.75 Å². The summed E-state index contributed by atoms with van der Waals surface area (Å²) >= 11 is 0. The van der Waals surface area contributed by atoms with Crippen LogP contribution in [0, 0.1) is 6.20 Å². The molecule has 1 radical (unpaired) electrons. The number of alkyl halides is 3. The third-order valence-electron chi connectivity index (χ3n) is 1.89. The first-order chi connectivity index (χ1) is 7.54. The minimum absolute atomic E-state index is 0.233. The molecule has 0 bridgehead atoms. The lowest BCUT2D eigenvalue weighted by molar-refractivity contribution is -0.274. The molecule has 2 aromatic rings. The second-order valence-electron chi connectivity index (χ2n) is 3.05. The van der Waals surface area contributed by atoms with Gasteiger partial charge < -0.3 is 9.30 Å². The van der Waals surface area contributed by atoms with Gasteiger partial charge in [-0.1, -0.05) is 0 Å². The molecule has 2 nitrogen and oxygen atoms in total. The number of ether oxygens (including phenoxy) is 1. The largest absolute Gasteiger partial charge is 0.573 e. The van der Waals surface area contributed by atoms with Crippen LogP contribution in [0.4, 0.5) is 13.2 Å². The fourth-order valence-electron chi connectivity index (χ4n) is 1.26. The molecule has 1 aromatic carbocycles. The SMILES string of the molecule is FC(F)(F)Oc1ccc(-n2[c]ccc2)cc1. The van der Waals surface area contributed by atoms with Crippen LogP contribution in [0.5, 0.6) is 5.75 Å². The fourth-order valence-corrected chi connectivity index (χ4v) is 1.26. The van der Waals surface area contributed by atoms with Crippen molar-refractivity contribution in [3.63, 3.8) is 0 Å². The predicted octanol–water partition coefficient (Wildman–Crippen LogP) is 3.18. The highest BCUT2D eigenvalue weighted by Crippen LogP contribution is 2.23. The van der Waals surface area contributed by atoms with E-state index in [1.54, 1.807) is 22.9 Å². The minimum Gasteiger partial charge on any atom is -0.406 e. The van der Waals surface area contributed by atoms with Gasteiger partial charge in [-0.25, -0.2) is 0 Å². The topological polar surface area (TPSA) is 14.2 Å². The van der Waals surface area contributed by atoms with Crippen LogP contribution in [0.15, 0.2) is 42.6 Å². The van der Waals surface area contributed by atoms with Gasteiger partial charge >= 0.3 is 6.36 Å². The molecule has 0 saturated carbocycles. The third-order valence-corrected chi connectivity index (χ3v) is 1.89. The smallest absolute Gasteiger partial charge is 0.406 e. The molecule has 2 rings (SSSR count). The normalized spacial score (nSPS) is 11.4. The number of rotatable bonds is 2. The Morgan fingerprint density at radius 1 is 1.12 bits per heavy atom. The van der Waals surface area contributed by atoms with Crippen molar-refractivity contribution in [2.75, 3.05) is 0 Å². The molecule has 0 aliphatic rings. The number of hydrogen-bond donors (Lipinski definition) is 0. The summed E-state index contributed by atoms with van der Waals surface area (Å²) < 4.78 is 41.1. The minimum atomic E-state index is -4.65. The molecule has 5 heteroatoms. The molecule has 16 heavy (non-hydrogen) atoms. The van der Waals surface area contributed by atoms with Crippen molar-refractivity contribution in [3.8, 4) is 11.4 Å². The summed E-state index contributed by atoms with van der Waals surface area (Å²) in [5.74, 6) is -0.233. The summed E-state index contributed by atoms with van der Waals surface area (Å²) in [5.41, 5.74) is 0.722. The van der Waals surface area contributed by atoms with Crippen molar-refractivity contribution < 1.29 is 17.9 Å². The first-order valence-corrected chi connectivity index (χ1v) is 4.46. The fraction of sp³-hybridized carbons (Fsp3) is 0.0909. The summed E-state index contributed by atoms with van der Waals surface area (Å²) in [6.07, 6.45) is -0.0273. The molecular formula is C11H7F3NO. The van der Waals surface area contributed by atoms with Crippen LogP contribution < -0.4 is 4.74 Å². The zero-order valence-corrected chi connectivity index (χ0v) is 8.03. The van der Waals surface area contributed by atoms with Gasteiger partial charge in [0, 0.05) is 11.9 Å². The molecule has 0 atom stereocenters. The Morgan fingerprint density at radius 2 is 1.81 bits per heavy atom. The molecule has 83 valence electrons.